The minimum absolute atomic E-state index is 0.0578. The molecule has 32 heavy (non-hydrogen) atoms. The molecule has 0 spiro atoms. The first-order chi connectivity index (χ1) is 15.5. The molecule has 0 fully saturated rings. The molecule has 2 heterocycles. The molecule has 0 saturated carbocycles. The molecule has 0 radical (unpaired) electrons. The van der Waals surface area contributed by atoms with E-state index in [0.29, 0.717) is 22.8 Å². The number of pyridine rings is 1. The van der Waals surface area contributed by atoms with Crippen LogP contribution in [0.1, 0.15) is 20.8 Å². The third-order valence-corrected chi connectivity index (χ3v) is 4.85. The summed E-state index contributed by atoms with van der Waals surface area (Å²) in [5, 5.41) is 9.56. The largest absolute Gasteiger partial charge is 0.321 e. The maximum Gasteiger partial charge on any atom is 0.276 e. The highest BCUT2D eigenvalue weighted by atomic mass is 79.9. The van der Waals surface area contributed by atoms with Crippen molar-refractivity contribution in [2.45, 2.75) is 0 Å². The zero-order valence-electron chi connectivity index (χ0n) is 16.5. The highest BCUT2D eigenvalue weighted by Crippen LogP contribution is 2.15. The fraction of sp³-hybridized carbons (Fsp3) is 0. The zero-order valence-corrected chi connectivity index (χ0v) is 18.1. The maximum absolute atomic E-state index is 12.7. The molecule has 0 saturated heterocycles. The Kier molecular flexibility index (Phi) is 6.18. The first-order valence-electron chi connectivity index (χ1n) is 9.50. The van der Waals surface area contributed by atoms with Gasteiger partial charge < -0.3 is 10.6 Å². The minimum atomic E-state index is -0.512. The minimum Gasteiger partial charge on any atom is -0.321 e. The van der Waals surface area contributed by atoms with Gasteiger partial charge in [-0.15, -0.1) is 0 Å². The van der Waals surface area contributed by atoms with Gasteiger partial charge in [-0.1, -0.05) is 24.3 Å². The van der Waals surface area contributed by atoms with E-state index in [2.05, 4.69) is 36.6 Å². The van der Waals surface area contributed by atoms with Crippen LogP contribution >= 0.6 is 15.9 Å². The van der Waals surface area contributed by atoms with Gasteiger partial charge in [0.2, 0.25) is 0 Å². The quantitative estimate of drug-likeness (QED) is 0.442. The van der Waals surface area contributed by atoms with Crippen LogP contribution in [0.15, 0.2) is 94.3 Å². The van der Waals surface area contributed by atoms with Crippen LogP contribution in [0.5, 0.6) is 0 Å². The van der Waals surface area contributed by atoms with E-state index in [1.807, 2.05) is 6.07 Å². The highest BCUT2D eigenvalue weighted by molar-refractivity contribution is 9.10. The average molecular weight is 490 g/mol. The van der Waals surface area contributed by atoms with E-state index in [9.17, 15) is 14.4 Å². The first-order valence-corrected chi connectivity index (χ1v) is 10.3. The number of amides is 2. The topological polar surface area (TPSA) is 106 Å². The summed E-state index contributed by atoms with van der Waals surface area (Å²) < 4.78 is 1.96. The second kappa shape index (κ2) is 9.36. The summed E-state index contributed by atoms with van der Waals surface area (Å²) in [5.41, 5.74) is 1.00. The summed E-state index contributed by atoms with van der Waals surface area (Å²) in [4.78, 5) is 41.5. The number of benzene rings is 2. The van der Waals surface area contributed by atoms with Crippen LogP contribution in [0.2, 0.25) is 0 Å². The molecule has 2 aromatic heterocycles. The molecule has 2 amide bonds. The Balaban J connectivity index is 1.51. The summed E-state index contributed by atoms with van der Waals surface area (Å²) in [6, 6.07) is 21.3. The second-order valence-corrected chi connectivity index (χ2v) is 7.57. The number of rotatable bonds is 5. The third kappa shape index (κ3) is 4.96. The molecule has 158 valence electrons. The molecule has 0 atom stereocenters. The predicted octanol–water partition coefficient (Wildman–Crippen LogP) is 3.89. The molecule has 8 nitrogen and oxygen atoms in total. The second-order valence-electron chi connectivity index (χ2n) is 6.65. The predicted molar refractivity (Wildman–Crippen MR) is 124 cm³/mol. The van der Waals surface area contributed by atoms with Gasteiger partial charge in [-0.2, -0.15) is 9.78 Å². The Bertz CT molecular complexity index is 1340. The van der Waals surface area contributed by atoms with Crippen molar-refractivity contribution in [3.63, 3.8) is 0 Å². The molecule has 4 aromatic rings. The van der Waals surface area contributed by atoms with E-state index < -0.39 is 5.91 Å². The third-order valence-electron chi connectivity index (χ3n) is 4.39. The SMILES string of the molecule is O=C(Nc1ccc(Br)cn1)c1cccc(NC(=O)c2ccc(=O)n(-c3ccccc3)n2)c1. The lowest BCUT2D eigenvalue weighted by Crippen LogP contribution is -2.24. The number of carbonyl (C=O) groups excluding carboxylic acids is 2. The Labute approximate surface area is 191 Å². The van der Waals surface area contributed by atoms with Crippen molar-refractivity contribution in [3.05, 3.63) is 111 Å². The molecule has 0 aliphatic rings. The van der Waals surface area contributed by atoms with E-state index in [1.165, 1.54) is 12.1 Å². The van der Waals surface area contributed by atoms with E-state index in [1.54, 1.807) is 66.9 Å². The van der Waals surface area contributed by atoms with Crippen molar-refractivity contribution in [1.82, 2.24) is 14.8 Å². The van der Waals surface area contributed by atoms with Crippen LogP contribution in [0.3, 0.4) is 0 Å². The van der Waals surface area contributed by atoms with Crippen molar-refractivity contribution in [2.75, 3.05) is 10.6 Å². The number of hydrogen-bond donors (Lipinski definition) is 2. The number of aromatic nitrogens is 3. The van der Waals surface area contributed by atoms with Crippen LogP contribution < -0.4 is 16.2 Å². The van der Waals surface area contributed by atoms with E-state index in [-0.39, 0.29) is 17.2 Å². The van der Waals surface area contributed by atoms with Crippen molar-refractivity contribution in [1.29, 1.82) is 0 Å². The number of nitrogens with zero attached hydrogens (tertiary/aromatic N) is 3. The summed E-state index contributed by atoms with van der Waals surface area (Å²) in [6.07, 6.45) is 1.58. The van der Waals surface area contributed by atoms with E-state index in [4.69, 9.17) is 0 Å². The van der Waals surface area contributed by atoms with Crippen LogP contribution in [-0.4, -0.2) is 26.6 Å². The van der Waals surface area contributed by atoms with E-state index >= 15 is 0 Å². The van der Waals surface area contributed by atoms with Gasteiger partial charge in [-0.05, 0) is 64.5 Å². The standard InChI is InChI=1S/C23H16BrN5O3/c24-16-9-11-20(25-14-16)27-22(31)15-5-4-6-17(13-15)26-23(32)19-10-12-21(30)29(28-19)18-7-2-1-3-8-18/h1-14H,(H,26,32)(H,25,27,31). The van der Waals surface area contributed by atoms with Crippen LogP contribution in [-0.2, 0) is 0 Å². The fourth-order valence-electron chi connectivity index (χ4n) is 2.86. The van der Waals surface area contributed by atoms with Gasteiger partial charge in [0.05, 0.1) is 5.69 Å². The Morgan fingerprint density at radius 2 is 1.66 bits per heavy atom. The number of halogens is 1. The lowest BCUT2D eigenvalue weighted by Gasteiger charge is -2.09. The Morgan fingerprint density at radius 1 is 0.844 bits per heavy atom. The first kappa shape index (κ1) is 21.1. The van der Waals surface area contributed by atoms with Crippen LogP contribution in [0.4, 0.5) is 11.5 Å². The lowest BCUT2D eigenvalue weighted by molar-refractivity contribution is 0.101. The molecule has 2 aromatic carbocycles. The Hall–Kier alpha value is -4.11. The van der Waals surface area contributed by atoms with Gasteiger partial charge in [0.25, 0.3) is 17.4 Å². The number of para-hydroxylation sites is 1. The van der Waals surface area contributed by atoms with Crippen molar-refractivity contribution >= 4 is 39.2 Å². The number of nitrogens with one attached hydrogen (secondary N) is 2. The van der Waals surface area contributed by atoms with Gasteiger partial charge in [0, 0.05) is 28.0 Å². The van der Waals surface area contributed by atoms with Crippen LogP contribution in [0.25, 0.3) is 5.69 Å². The molecular weight excluding hydrogens is 474 g/mol. The van der Waals surface area contributed by atoms with E-state index in [0.717, 1.165) is 9.15 Å². The van der Waals surface area contributed by atoms with Gasteiger partial charge >= 0.3 is 0 Å². The van der Waals surface area contributed by atoms with Crippen molar-refractivity contribution in [2.24, 2.45) is 0 Å². The van der Waals surface area contributed by atoms with Gasteiger partial charge in [-0.25, -0.2) is 4.98 Å². The molecule has 0 aliphatic carbocycles. The monoisotopic (exact) mass is 489 g/mol. The van der Waals surface area contributed by atoms with Crippen molar-refractivity contribution in [3.8, 4) is 5.69 Å². The molecule has 0 bridgehead atoms. The van der Waals surface area contributed by atoms with Gasteiger partial charge in [0.1, 0.15) is 11.5 Å². The van der Waals surface area contributed by atoms with Crippen molar-refractivity contribution < 1.29 is 9.59 Å². The molecular formula is C23H16BrN5O3. The summed E-state index contributed by atoms with van der Waals surface area (Å²) in [6.45, 7) is 0. The molecule has 0 aliphatic heterocycles. The van der Waals surface area contributed by atoms with Gasteiger partial charge in [0.15, 0.2) is 0 Å². The van der Waals surface area contributed by atoms with Crippen LogP contribution in [0, 0.1) is 0 Å². The number of carbonyl (C=O) groups is 2. The fourth-order valence-corrected chi connectivity index (χ4v) is 3.09. The Morgan fingerprint density at radius 3 is 2.41 bits per heavy atom. The highest BCUT2D eigenvalue weighted by Gasteiger charge is 2.13. The summed E-state index contributed by atoms with van der Waals surface area (Å²) >= 11 is 3.29. The van der Waals surface area contributed by atoms with Gasteiger partial charge in [-0.3, -0.25) is 14.4 Å². The summed E-state index contributed by atoms with van der Waals surface area (Å²) in [5.74, 6) is -0.478. The molecule has 4 rings (SSSR count). The lowest BCUT2D eigenvalue weighted by atomic mass is 10.2. The number of hydrogen-bond acceptors (Lipinski definition) is 5. The molecule has 9 heteroatoms. The average Bonchev–Trinajstić information content (AvgIpc) is 2.81. The molecule has 0 unspecified atom stereocenters. The summed E-state index contributed by atoms with van der Waals surface area (Å²) in [7, 11) is 0. The normalized spacial score (nSPS) is 10.4. The zero-order chi connectivity index (χ0) is 22.5. The smallest absolute Gasteiger partial charge is 0.276 e. The molecule has 2 N–H and O–H groups in total. The maximum atomic E-state index is 12.7. The number of anilines is 2.